The SMILES string of the molecule is Cc1ccc(F)c2c(=O)n(-c3cc(F)cc(F)c3)c(CCCNc3nc(N)nc(N)c3C#N)nc12. The van der Waals surface area contributed by atoms with Gasteiger partial charge in [-0.3, -0.25) is 9.36 Å². The lowest BCUT2D eigenvalue weighted by molar-refractivity contribution is 0.580. The molecule has 5 N–H and O–H groups in total. The van der Waals surface area contributed by atoms with Gasteiger partial charge in [0, 0.05) is 19.0 Å². The van der Waals surface area contributed by atoms with E-state index in [0.717, 1.165) is 22.8 Å². The summed E-state index contributed by atoms with van der Waals surface area (Å²) in [4.78, 5) is 25.5. The Balaban J connectivity index is 1.72. The number of anilines is 3. The Hall–Kier alpha value is -4.66. The van der Waals surface area contributed by atoms with Crippen LogP contribution in [0.3, 0.4) is 0 Å². The fourth-order valence-electron chi connectivity index (χ4n) is 3.72. The standard InChI is InChI=1S/C23H19F3N8O/c1-11-4-5-16(26)18-19(11)31-17(34(22(18)35)14-8-12(24)7-13(25)9-14)3-2-6-30-21-15(10-27)20(28)32-23(29)33-21/h4-5,7-9H,2-3,6H2,1H3,(H5,28,29,30,32,33). The molecule has 4 aromatic rings. The van der Waals surface area contributed by atoms with E-state index in [1.54, 1.807) is 6.92 Å². The summed E-state index contributed by atoms with van der Waals surface area (Å²) in [5.74, 6) is -2.45. The van der Waals surface area contributed by atoms with Crippen LogP contribution in [0.25, 0.3) is 16.6 Å². The van der Waals surface area contributed by atoms with Crippen molar-refractivity contribution in [2.75, 3.05) is 23.3 Å². The Labute approximate surface area is 196 Å². The van der Waals surface area contributed by atoms with Crippen LogP contribution < -0.4 is 22.3 Å². The Bertz CT molecular complexity index is 1540. The number of aromatic nitrogens is 4. The Morgan fingerprint density at radius 2 is 1.80 bits per heavy atom. The van der Waals surface area contributed by atoms with E-state index >= 15 is 0 Å². The van der Waals surface area contributed by atoms with Crippen LogP contribution in [0.15, 0.2) is 35.1 Å². The molecule has 12 heteroatoms. The van der Waals surface area contributed by atoms with Crippen LogP contribution in [0.4, 0.5) is 30.8 Å². The van der Waals surface area contributed by atoms with Crippen LogP contribution in [0, 0.1) is 35.7 Å². The molecule has 0 fully saturated rings. The van der Waals surface area contributed by atoms with E-state index in [9.17, 15) is 23.2 Å². The van der Waals surface area contributed by atoms with E-state index in [4.69, 9.17) is 11.5 Å². The number of aryl methyl sites for hydroxylation is 2. The van der Waals surface area contributed by atoms with E-state index in [1.165, 1.54) is 6.07 Å². The summed E-state index contributed by atoms with van der Waals surface area (Å²) < 4.78 is 43.5. The molecule has 0 aliphatic heterocycles. The van der Waals surface area contributed by atoms with Gasteiger partial charge in [0.1, 0.15) is 46.1 Å². The maximum atomic E-state index is 14.6. The number of hydrogen-bond donors (Lipinski definition) is 3. The molecule has 2 aromatic heterocycles. The van der Waals surface area contributed by atoms with E-state index in [2.05, 4.69) is 20.3 Å². The highest BCUT2D eigenvalue weighted by Crippen LogP contribution is 2.22. The lowest BCUT2D eigenvalue weighted by Crippen LogP contribution is -2.26. The highest BCUT2D eigenvalue weighted by atomic mass is 19.1. The van der Waals surface area contributed by atoms with Gasteiger partial charge in [0.15, 0.2) is 5.82 Å². The first kappa shape index (κ1) is 23.5. The number of halogens is 3. The summed E-state index contributed by atoms with van der Waals surface area (Å²) in [5.41, 5.74) is 11.1. The maximum Gasteiger partial charge on any atom is 0.268 e. The van der Waals surface area contributed by atoms with Crippen LogP contribution in [0.5, 0.6) is 0 Å². The monoisotopic (exact) mass is 480 g/mol. The van der Waals surface area contributed by atoms with Gasteiger partial charge in [-0.15, -0.1) is 0 Å². The molecule has 2 aromatic carbocycles. The van der Waals surface area contributed by atoms with E-state index < -0.39 is 23.0 Å². The third-order valence-electron chi connectivity index (χ3n) is 5.29. The minimum absolute atomic E-state index is 0.0290. The van der Waals surface area contributed by atoms with Gasteiger partial charge in [0.2, 0.25) is 5.95 Å². The maximum absolute atomic E-state index is 14.6. The number of nitriles is 1. The van der Waals surface area contributed by atoms with Crippen molar-refractivity contribution in [2.24, 2.45) is 0 Å². The van der Waals surface area contributed by atoms with Gasteiger partial charge >= 0.3 is 0 Å². The summed E-state index contributed by atoms with van der Waals surface area (Å²) in [6.45, 7) is 1.93. The number of nitrogen functional groups attached to an aromatic ring is 2. The van der Waals surface area contributed by atoms with Crippen molar-refractivity contribution in [3.05, 3.63) is 75.1 Å². The number of nitrogens with one attached hydrogen (secondary N) is 1. The molecule has 0 bridgehead atoms. The minimum atomic E-state index is -0.896. The van der Waals surface area contributed by atoms with Crippen molar-refractivity contribution < 1.29 is 13.2 Å². The Morgan fingerprint density at radius 3 is 2.49 bits per heavy atom. The molecule has 2 heterocycles. The van der Waals surface area contributed by atoms with Gasteiger partial charge in [-0.25, -0.2) is 18.2 Å². The van der Waals surface area contributed by atoms with Gasteiger partial charge in [-0.2, -0.15) is 15.2 Å². The van der Waals surface area contributed by atoms with Crippen molar-refractivity contribution >= 4 is 28.5 Å². The summed E-state index contributed by atoms with van der Waals surface area (Å²) in [6.07, 6.45) is 0.503. The normalized spacial score (nSPS) is 10.9. The van der Waals surface area contributed by atoms with Gasteiger partial charge in [0.05, 0.1) is 11.2 Å². The molecule has 0 spiro atoms. The van der Waals surface area contributed by atoms with Crippen molar-refractivity contribution in [1.82, 2.24) is 19.5 Å². The Kier molecular flexibility index (Phi) is 6.24. The van der Waals surface area contributed by atoms with Crippen molar-refractivity contribution in [3.8, 4) is 11.8 Å². The smallest absolute Gasteiger partial charge is 0.268 e. The highest BCUT2D eigenvalue weighted by Gasteiger charge is 2.18. The summed E-state index contributed by atoms with van der Waals surface area (Å²) >= 11 is 0. The van der Waals surface area contributed by atoms with Gasteiger partial charge < -0.3 is 16.8 Å². The van der Waals surface area contributed by atoms with Gasteiger partial charge in [0.25, 0.3) is 5.56 Å². The molecule has 0 unspecified atom stereocenters. The number of nitrogens with zero attached hydrogens (tertiary/aromatic N) is 5. The Morgan fingerprint density at radius 1 is 1.09 bits per heavy atom. The fourth-order valence-corrected chi connectivity index (χ4v) is 3.72. The van der Waals surface area contributed by atoms with Crippen LogP contribution in [0.1, 0.15) is 23.4 Å². The second kappa shape index (κ2) is 9.30. The van der Waals surface area contributed by atoms with E-state index in [-0.39, 0.29) is 58.5 Å². The van der Waals surface area contributed by atoms with Crippen molar-refractivity contribution in [2.45, 2.75) is 19.8 Å². The zero-order valence-electron chi connectivity index (χ0n) is 18.4. The topological polar surface area (TPSA) is 149 Å². The average Bonchev–Trinajstić information content (AvgIpc) is 2.78. The number of fused-ring (bicyclic) bond motifs is 1. The number of hydrogen-bond acceptors (Lipinski definition) is 8. The number of nitrogens with two attached hydrogens (primary N) is 2. The molecule has 0 amide bonds. The molecule has 0 saturated carbocycles. The third kappa shape index (κ3) is 4.56. The average molecular weight is 480 g/mol. The summed E-state index contributed by atoms with van der Waals surface area (Å²) in [5, 5.41) is 11.9. The minimum Gasteiger partial charge on any atom is -0.382 e. The lowest BCUT2D eigenvalue weighted by atomic mass is 10.1. The fraction of sp³-hybridized carbons (Fsp3) is 0.174. The third-order valence-corrected chi connectivity index (χ3v) is 5.29. The van der Waals surface area contributed by atoms with Crippen LogP contribution in [-0.2, 0) is 6.42 Å². The molecule has 178 valence electrons. The second-order valence-electron chi connectivity index (χ2n) is 7.72. The second-order valence-corrected chi connectivity index (χ2v) is 7.72. The predicted octanol–water partition coefficient (Wildman–Crippen LogP) is 2.98. The molecule has 0 saturated heterocycles. The first-order valence-electron chi connectivity index (χ1n) is 10.4. The molecule has 9 nitrogen and oxygen atoms in total. The highest BCUT2D eigenvalue weighted by molar-refractivity contribution is 5.82. The largest absolute Gasteiger partial charge is 0.382 e. The van der Waals surface area contributed by atoms with Crippen molar-refractivity contribution in [1.29, 1.82) is 5.26 Å². The molecule has 4 rings (SSSR count). The van der Waals surface area contributed by atoms with E-state index in [0.29, 0.717) is 18.1 Å². The molecular weight excluding hydrogens is 461 g/mol. The predicted molar refractivity (Wildman–Crippen MR) is 124 cm³/mol. The van der Waals surface area contributed by atoms with Crippen LogP contribution in [0.2, 0.25) is 0 Å². The molecule has 0 radical (unpaired) electrons. The molecular formula is C23H19F3N8O. The van der Waals surface area contributed by atoms with Crippen LogP contribution in [-0.4, -0.2) is 26.1 Å². The summed E-state index contributed by atoms with van der Waals surface area (Å²) in [6, 6.07) is 7.15. The van der Waals surface area contributed by atoms with Gasteiger partial charge in [-0.05, 0) is 37.1 Å². The first-order valence-corrected chi connectivity index (χ1v) is 10.4. The zero-order valence-corrected chi connectivity index (χ0v) is 18.4. The van der Waals surface area contributed by atoms with Gasteiger partial charge in [-0.1, -0.05) is 6.07 Å². The zero-order chi connectivity index (χ0) is 25.3. The summed E-state index contributed by atoms with van der Waals surface area (Å²) in [7, 11) is 0. The molecule has 35 heavy (non-hydrogen) atoms. The number of rotatable bonds is 6. The first-order chi connectivity index (χ1) is 16.7. The molecule has 0 aliphatic rings. The molecule has 0 atom stereocenters. The molecule has 0 aliphatic carbocycles. The number of benzene rings is 2. The van der Waals surface area contributed by atoms with Crippen molar-refractivity contribution in [3.63, 3.8) is 0 Å². The lowest BCUT2D eigenvalue weighted by Gasteiger charge is -2.15. The van der Waals surface area contributed by atoms with E-state index in [1.807, 2.05) is 6.07 Å². The quantitative estimate of drug-likeness (QED) is 0.357. The van der Waals surface area contributed by atoms with Crippen LogP contribution >= 0.6 is 0 Å².